The van der Waals surface area contributed by atoms with Gasteiger partial charge in [-0.25, -0.2) is 8.42 Å². The van der Waals surface area contributed by atoms with Crippen molar-refractivity contribution in [1.29, 1.82) is 0 Å². The highest BCUT2D eigenvalue weighted by molar-refractivity contribution is 7.92. The van der Waals surface area contributed by atoms with Crippen molar-refractivity contribution in [1.82, 2.24) is 0 Å². The summed E-state index contributed by atoms with van der Waals surface area (Å²) in [7, 11) is -4.09. The zero-order valence-corrected chi connectivity index (χ0v) is 18.9. The number of nitro benzene ring substituents is 1. The van der Waals surface area contributed by atoms with Gasteiger partial charge in [0, 0.05) is 22.3 Å². The number of hydrogen-bond acceptors (Lipinski definition) is 7. The molecule has 0 atom stereocenters. The number of anilines is 2. The Kier molecular flexibility index (Phi) is 6.35. The average molecular weight is 497 g/mol. The zero-order chi connectivity index (χ0) is 24.3. The molecule has 0 spiro atoms. The minimum Gasteiger partial charge on any atom is -0.507 e. The van der Waals surface area contributed by atoms with E-state index in [1.807, 2.05) is 24.3 Å². The number of benzene rings is 4. The van der Waals surface area contributed by atoms with Crippen molar-refractivity contribution in [3.05, 3.63) is 99.6 Å². The average Bonchev–Trinajstić information content (AvgIpc) is 2.81. The Balaban J connectivity index is 1.61. The molecule has 172 valence electrons. The number of rotatable bonds is 7. The molecule has 0 radical (unpaired) electrons. The monoisotopic (exact) mass is 496 g/mol. The van der Waals surface area contributed by atoms with Gasteiger partial charge >= 0.3 is 0 Å². The van der Waals surface area contributed by atoms with Gasteiger partial charge in [0.2, 0.25) is 0 Å². The Morgan fingerprint density at radius 2 is 1.74 bits per heavy atom. The molecule has 9 nitrogen and oxygen atoms in total. The van der Waals surface area contributed by atoms with Gasteiger partial charge in [0.1, 0.15) is 11.4 Å². The number of hydrogen-bond donors (Lipinski definition) is 3. The molecular formula is C23H17ClN4O5S. The van der Waals surface area contributed by atoms with Crippen LogP contribution < -0.4 is 10.1 Å². The highest BCUT2D eigenvalue weighted by Gasteiger charge is 2.21. The van der Waals surface area contributed by atoms with Crippen molar-refractivity contribution < 1.29 is 18.4 Å². The van der Waals surface area contributed by atoms with Crippen LogP contribution in [0.3, 0.4) is 0 Å². The highest BCUT2D eigenvalue weighted by Crippen LogP contribution is 2.29. The van der Waals surface area contributed by atoms with Crippen LogP contribution in [-0.2, 0) is 10.0 Å². The van der Waals surface area contributed by atoms with Crippen LogP contribution in [0.4, 0.5) is 17.1 Å². The standard InChI is InChI=1S/C23H17ClN4O5S/c24-16-6-8-17(9-7-16)27-34(32,33)18-10-11-21(22(13-18)28(30)31)26-25-14-20-19-4-2-1-3-15(19)5-12-23(20)29/h1-14,26-27,29H/b25-14+. The summed E-state index contributed by atoms with van der Waals surface area (Å²) in [6.45, 7) is 0. The topological polar surface area (TPSA) is 134 Å². The maximum atomic E-state index is 12.7. The van der Waals surface area contributed by atoms with Gasteiger partial charge in [0.05, 0.1) is 16.0 Å². The number of nitrogens with zero attached hydrogens (tertiary/aromatic N) is 2. The first kappa shape index (κ1) is 23.0. The van der Waals surface area contributed by atoms with E-state index in [1.165, 1.54) is 48.7 Å². The number of phenolic OH excluding ortho intramolecular Hbond substituents is 1. The second kappa shape index (κ2) is 9.38. The molecule has 0 amide bonds. The lowest BCUT2D eigenvalue weighted by molar-refractivity contribution is -0.384. The molecule has 4 aromatic rings. The van der Waals surface area contributed by atoms with Crippen molar-refractivity contribution in [2.75, 3.05) is 10.1 Å². The van der Waals surface area contributed by atoms with E-state index in [0.29, 0.717) is 10.6 Å². The predicted octanol–water partition coefficient (Wildman–Crippen LogP) is 5.35. The van der Waals surface area contributed by atoms with Gasteiger partial charge in [-0.15, -0.1) is 0 Å². The van der Waals surface area contributed by atoms with Crippen LogP contribution in [-0.4, -0.2) is 24.7 Å². The fourth-order valence-electron chi connectivity index (χ4n) is 3.24. The molecule has 3 N–H and O–H groups in total. The number of fused-ring (bicyclic) bond motifs is 1. The van der Waals surface area contributed by atoms with Gasteiger partial charge < -0.3 is 5.11 Å². The Labute approximate surface area is 199 Å². The number of phenols is 1. The first-order valence-electron chi connectivity index (χ1n) is 9.81. The first-order valence-corrected chi connectivity index (χ1v) is 11.7. The van der Waals surface area contributed by atoms with E-state index in [2.05, 4.69) is 15.2 Å². The Bertz CT molecular complexity index is 1520. The van der Waals surface area contributed by atoms with Crippen molar-refractivity contribution in [2.24, 2.45) is 5.10 Å². The molecule has 0 heterocycles. The summed E-state index contributed by atoms with van der Waals surface area (Å²) in [4.78, 5) is 10.6. The van der Waals surface area contributed by atoms with Crippen LogP contribution in [0.1, 0.15) is 5.56 Å². The van der Waals surface area contributed by atoms with E-state index in [4.69, 9.17) is 11.6 Å². The molecule has 0 aliphatic heterocycles. The molecular weight excluding hydrogens is 480 g/mol. The normalized spacial score (nSPS) is 11.6. The summed E-state index contributed by atoms with van der Waals surface area (Å²) in [6.07, 6.45) is 1.34. The summed E-state index contributed by atoms with van der Waals surface area (Å²) >= 11 is 5.81. The summed E-state index contributed by atoms with van der Waals surface area (Å²) in [5, 5.41) is 27.9. The van der Waals surface area contributed by atoms with Gasteiger partial charge in [-0.05, 0) is 53.2 Å². The Hall–Kier alpha value is -4.15. The predicted molar refractivity (Wildman–Crippen MR) is 132 cm³/mol. The van der Waals surface area contributed by atoms with E-state index in [9.17, 15) is 23.6 Å². The molecule has 0 aromatic heterocycles. The van der Waals surface area contributed by atoms with Crippen molar-refractivity contribution >= 4 is 55.7 Å². The van der Waals surface area contributed by atoms with Crippen LogP contribution in [0.2, 0.25) is 5.02 Å². The maximum Gasteiger partial charge on any atom is 0.295 e. The van der Waals surface area contributed by atoms with E-state index in [0.717, 1.165) is 16.8 Å². The van der Waals surface area contributed by atoms with Gasteiger partial charge in [0.25, 0.3) is 15.7 Å². The molecule has 4 rings (SSSR count). The first-order chi connectivity index (χ1) is 16.2. The molecule has 0 fully saturated rings. The SMILES string of the molecule is O=[N+]([O-])c1cc(S(=O)(=O)Nc2ccc(Cl)cc2)ccc1N/N=C/c1c(O)ccc2ccccc12. The molecule has 0 aliphatic rings. The smallest absolute Gasteiger partial charge is 0.295 e. The van der Waals surface area contributed by atoms with Crippen molar-refractivity contribution in [3.8, 4) is 5.75 Å². The number of sulfonamides is 1. The minimum atomic E-state index is -4.09. The minimum absolute atomic E-state index is 0.00605. The summed E-state index contributed by atoms with van der Waals surface area (Å²) < 4.78 is 27.7. The molecule has 0 unspecified atom stereocenters. The lowest BCUT2D eigenvalue weighted by Crippen LogP contribution is -2.13. The Morgan fingerprint density at radius 1 is 1.00 bits per heavy atom. The third-order valence-corrected chi connectivity index (χ3v) is 6.53. The van der Waals surface area contributed by atoms with Crippen LogP contribution in [0.25, 0.3) is 10.8 Å². The maximum absolute atomic E-state index is 12.7. The van der Waals surface area contributed by atoms with Crippen molar-refractivity contribution in [2.45, 2.75) is 4.90 Å². The molecule has 4 aromatic carbocycles. The summed E-state index contributed by atoms with van der Waals surface area (Å²) in [5.41, 5.74) is 2.74. The van der Waals surface area contributed by atoms with E-state index < -0.39 is 20.6 Å². The fourth-order valence-corrected chi connectivity index (χ4v) is 4.45. The molecule has 11 heteroatoms. The van der Waals surface area contributed by atoms with Crippen molar-refractivity contribution in [3.63, 3.8) is 0 Å². The number of halogens is 1. The summed E-state index contributed by atoms with van der Waals surface area (Å²) in [6, 6.07) is 20.0. The Morgan fingerprint density at radius 3 is 2.47 bits per heavy atom. The second-order valence-electron chi connectivity index (χ2n) is 7.14. The molecule has 0 aliphatic carbocycles. The lowest BCUT2D eigenvalue weighted by atomic mass is 10.0. The van der Waals surface area contributed by atoms with E-state index in [-0.39, 0.29) is 22.0 Å². The second-order valence-corrected chi connectivity index (χ2v) is 9.26. The van der Waals surface area contributed by atoms with Gasteiger partial charge in [0.15, 0.2) is 0 Å². The lowest BCUT2D eigenvalue weighted by Gasteiger charge is -2.10. The number of hydrazone groups is 1. The quantitative estimate of drug-likeness (QED) is 0.179. The van der Waals surface area contributed by atoms with Gasteiger partial charge in [-0.1, -0.05) is 41.9 Å². The largest absolute Gasteiger partial charge is 0.507 e. The molecule has 34 heavy (non-hydrogen) atoms. The number of nitrogens with one attached hydrogen (secondary N) is 2. The molecule has 0 saturated heterocycles. The van der Waals surface area contributed by atoms with Crippen LogP contribution in [0.5, 0.6) is 5.75 Å². The highest BCUT2D eigenvalue weighted by atomic mass is 35.5. The molecule has 0 saturated carbocycles. The summed E-state index contributed by atoms with van der Waals surface area (Å²) in [5.74, 6) is -0.00605. The third kappa shape index (κ3) is 4.92. The van der Waals surface area contributed by atoms with Gasteiger partial charge in [-0.2, -0.15) is 5.10 Å². The fraction of sp³-hybridized carbons (Fsp3) is 0. The van der Waals surface area contributed by atoms with Gasteiger partial charge in [-0.3, -0.25) is 20.3 Å². The zero-order valence-electron chi connectivity index (χ0n) is 17.3. The number of aromatic hydroxyl groups is 1. The number of nitro groups is 1. The molecule has 0 bridgehead atoms. The van der Waals surface area contributed by atoms with Crippen LogP contribution in [0.15, 0.2) is 88.9 Å². The third-order valence-electron chi connectivity index (χ3n) is 4.90. The van der Waals surface area contributed by atoms with Crippen LogP contribution >= 0.6 is 11.6 Å². The van der Waals surface area contributed by atoms with Crippen LogP contribution in [0, 0.1) is 10.1 Å². The van der Waals surface area contributed by atoms with E-state index >= 15 is 0 Å². The van der Waals surface area contributed by atoms with E-state index in [1.54, 1.807) is 6.07 Å².